The van der Waals surface area contributed by atoms with Crippen LogP contribution in [0.1, 0.15) is 27.9 Å². The molecule has 18 heavy (non-hydrogen) atoms. The quantitative estimate of drug-likeness (QED) is 0.262. The van der Waals surface area contributed by atoms with E-state index in [1.165, 1.54) is 7.11 Å². The van der Waals surface area contributed by atoms with E-state index in [4.69, 9.17) is 10.3 Å². The van der Waals surface area contributed by atoms with Crippen LogP contribution in [0, 0.1) is 6.92 Å². The van der Waals surface area contributed by atoms with E-state index >= 15 is 0 Å². The minimum absolute atomic E-state index is 0.357. The second-order valence-corrected chi connectivity index (χ2v) is 3.73. The van der Waals surface area contributed by atoms with Crippen LogP contribution in [0.5, 0.6) is 0 Å². The Labute approximate surface area is 106 Å². The van der Waals surface area contributed by atoms with Crippen LogP contribution in [0.4, 0.5) is 0 Å². The molecule has 0 amide bonds. The number of aryl methyl sites for hydroxylation is 1. The summed E-state index contributed by atoms with van der Waals surface area (Å²) in [5.74, 6) is -0.357. The maximum absolute atomic E-state index is 11.6. The lowest BCUT2D eigenvalue weighted by molar-refractivity contribution is 0.0600. The fourth-order valence-corrected chi connectivity index (χ4v) is 1.50. The minimum atomic E-state index is -0.357. The maximum atomic E-state index is 11.6. The first-order valence-corrected chi connectivity index (χ1v) is 5.55. The van der Waals surface area contributed by atoms with Crippen LogP contribution in [-0.2, 0) is 4.74 Å². The first-order valence-electron chi connectivity index (χ1n) is 5.55. The van der Waals surface area contributed by atoms with Crippen molar-refractivity contribution in [1.29, 1.82) is 0 Å². The maximum Gasteiger partial charge on any atom is 0.338 e. The van der Waals surface area contributed by atoms with E-state index in [-0.39, 0.29) is 5.97 Å². The third-order valence-electron chi connectivity index (χ3n) is 2.37. The lowest BCUT2D eigenvalue weighted by Gasteiger charge is -2.05. The van der Waals surface area contributed by atoms with Crippen LogP contribution in [0.2, 0.25) is 0 Å². The van der Waals surface area contributed by atoms with E-state index < -0.39 is 0 Å². The van der Waals surface area contributed by atoms with Crippen LogP contribution in [0.3, 0.4) is 0 Å². The topological polar surface area (TPSA) is 75.1 Å². The van der Waals surface area contributed by atoms with E-state index in [1.54, 1.807) is 6.07 Å². The van der Waals surface area contributed by atoms with Gasteiger partial charge >= 0.3 is 5.97 Å². The number of methoxy groups -OCH3 is 1. The number of benzene rings is 1. The van der Waals surface area contributed by atoms with E-state index in [9.17, 15) is 4.79 Å². The lowest BCUT2D eigenvalue weighted by Crippen LogP contribution is -2.03. The Bertz CT molecular complexity index is 503. The van der Waals surface area contributed by atoms with Crippen molar-refractivity contribution in [3.63, 3.8) is 0 Å². The Morgan fingerprint density at radius 3 is 3.00 bits per heavy atom. The summed E-state index contributed by atoms with van der Waals surface area (Å²) in [6.07, 6.45) is 4.35. The Morgan fingerprint density at radius 1 is 1.56 bits per heavy atom. The average molecular weight is 245 g/mol. The molecule has 0 fully saturated rings. The number of hydrogen-bond donors (Lipinski definition) is 0. The molecule has 0 aliphatic heterocycles. The third kappa shape index (κ3) is 3.96. The number of carbonyl (C=O) groups excluding carboxylic acids is 1. The molecule has 0 bridgehead atoms. The molecule has 0 aliphatic carbocycles. The summed E-state index contributed by atoms with van der Waals surface area (Å²) in [6.45, 7) is 2.37. The van der Waals surface area contributed by atoms with Gasteiger partial charge in [-0.05, 0) is 30.5 Å². The highest BCUT2D eigenvalue weighted by atomic mass is 16.5. The van der Waals surface area contributed by atoms with Crippen LogP contribution in [0.15, 0.2) is 29.4 Å². The van der Waals surface area contributed by atoms with Gasteiger partial charge in [0.2, 0.25) is 0 Å². The molecule has 1 aromatic rings. The third-order valence-corrected chi connectivity index (χ3v) is 2.37. The van der Waals surface area contributed by atoms with Crippen molar-refractivity contribution in [2.75, 3.05) is 13.7 Å². The average Bonchev–Trinajstić information content (AvgIpc) is 2.38. The highest BCUT2D eigenvalue weighted by molar-refractivity contribution is 5.93. The standard InChI is InChI=1S/C13H15N3O2/c1-10-6-7-12(13(17)18-2)11(9-10)5-3-4-8-15-16-14/h3,5-7,9H,4,8H2,1-2H3. The second kappa shape index (κ2) is 7.14. The highest BCUT2D eigenvalue weighted by Crippen LogP contribution is 2.15. The molecule has 0 radical (unpaired) electrons. The zero-order valence-electron chi connectivity index (χ0n) is 10.5. The Hall–Kier alpha value is -2.26. The van der Waals surface area contributed by atoms with Crippen LogP contribution < -0.4 is 0 Å². The zero-order valence-corrected chi connectivity index (χ0v) is 10.5. The van der Waals surface area contributed by atoms with Crippen molar-refractivity contribution < 1.29 is 9.53 Å². The number of rotatable bonds is 5. The number of nitrogens with zero attached hydrogens (tertiary/aromatic N) is 3. The summed E-state index contributed by atoms with van der Waals surface area (Å²) < 4.78 is 4.72. The predicted octanol–water partition coefficient (Wildman–Crippen LogP) is 3.50. The molecule has 0 aromatic heterocycles. The molecular weight excluding hydrogens is 230 g/mol. The number of azide groups is 1. The van der Waals surface area contributed by atoms with Crippen molar-refractivity contribution >= 4 is 12.0 Å². The Morgan fingerprint density at radius 2 is 2.33 bits per heavy atom. The van der Waals surface area contributed by atoms with Crippen molar-refractivity contribution in [2.24, 2.45) is 5.11 Å². The molecule has 0 saturated heterocycles. The van der Waals surface area contributed by atoms with E-state index in [1.807, 2.05) is 31.2 Å². The van der Waals surface area contributed by atoms with Gasteiger partial charge in [-0.15, -0.1) is 0 Å². The van der Waals surface area contributed by atoms with Gasteiger partial charge in [0.05, 0.1) is 12.7 Å². The van der Waals surface area contributed by atoms with Crippen molar-refractivity contribution in [1.82, 2.24) is 0 Å². The van der Waals surface area contributed by atoms with Gasteiger partial charge in [0.1, 0.15) is 0 Å². The molecule has 5 nitrogen and oxygen atoms in total. The monoisotopic (exact) mass is 245 g/mol. The normalized spacial score (nSPS) is 10.1. The lowest BCUT2D eigenvalue weighted by atomic mass is 10.0. The number of ether oxygens (including phenoxy) is 1. The summed E-state index contributed by atoms with van der Waals surface area (Å²) in [7, 11) is 1.36. The van der Waals surface area contributed by atoms with Gasteiger partial charge in [0.15, 0.2) is 0 Å². The van der Waals surface area contributed by atoms with Crippen LogP contribution in [-0.4, -0.2) is 19.6 Å². The number of esters is 1. The fourth-order valence-electron chi connectivity index (χ4n) is 1.50. The molecule has 0 atom stereocenters. The van der Waals surface area contributed by atoms with Crippen molar-refractivity contribution in [3.8, 4) is 0 Å². The molecule has 0 saturated carbocycles. The first kappa shape index (κ1) is 13.8. The van der Waals surface area contributed by atoms with Gasteiger partial charge < -0.3 is 4.74 Å². The minimum Gasteiger partial charge on any atom is -0.465 e. The van der Waals surface area contributed by atoms with Crippen LogP contribution in [0.25, 0.3) is 16.5 Å². The summed E-state index contributed by atoms with van der Waals surface area (Å²) in [6, 6.07) is 5.52. The van der Waals surface area contributed by atoms with Crippen molar-refractivity contribution in [2.45, 2.75) is 13.3 Å². The van der Waals surface area contributed by atoms with E-state index in [2.05, 4.69) is 10.0 Å². The molecule has 0 unspecified atom stereocenters. The van der Waals surface area contributed by atoms with E-state index in [0.29, 0.717) is 18.5 Å². The number of hydrogen-bond acceptors (Lipinski definition) is 3. The SMILES string of the molecule is COC(=O)c1ccc(C)cc1C=CCCN=[N+]=[N-]. The summed E-state index contributed by atoms with van der Waals surface area (Å²) in [5, 5.41) is 3.43. The zero-order chi connectivity index (χ0) is 13.4. The van der Waals surface area contributed by atoms with Gasteiger partial charge in [-0.25, -0.2) is 4.79 Å². The molecule has 1 rings (SSSR count). The van der Waals surface area contributed by atoms with Gasteiger partial charge in [0, 0.05) is 11.5 Å². The largest absolute Gasteiger partial charge is 0.465 e. The Kier molecular flexibility index (Phi) is 5.48. The molecule has 0 spiro atoms. The predicted molar refractivity (Wildman–Crippen MR) is 70.2 cm³/mol. The van der Waals surface area contributed by atoms with Crippen molar-refractivity contribution in [3.05, 3.63) is 51.4 Å². The molecular formula is C13H15N3O2. The molecule has 5 heteroatoms. The summed E-state index contributed by atoms with van der Waals surface area (Å²) in [5.41, 5.74) is 10.5. The molecule has 0 aliphatic rings. The molecule has 0 heterocycles. The summed E-state index contributed by atoms with van der Waals surface area (Å²) >= 11 is 0. The molecule has 0 N–H and O–H groups in total. The smallest absolute Gasteiger partial charge is 0.338 e. The van der Waals surface area contributed by atoms with Gasteiger partial charge in [-0.1, -0.05) is 35.0 Å². The Balaban J connectivity index is 2.88. The van der Waals surface area contributed by atoms with Gasteiger partial charge in [-0.3, -0.25) is 0 Å². The number of carbonyl (C=O) groups is 1. The highest BCUT2D eigenvalue weighted by Gasteiger charge is 2.09. The van der Waals surface area contributed by atoms with Gasteiger partial charge in [0.25, 0.3) is 0 Å². The second-order valence-electron chi connectivity index (χ2n) is 3.73. The molecule has 94 valence electrons. The summed E-state index contributed by atoms with van der Waals surface area (Å²) in [4.78, 5) is 14.2. The molecule has 1 aromatic carbocycles. The van der Waals surface area contributed by atoms with Crippen LogP contribution >= 0.6 is 0 Å². The first-order chi connectivity index (χ1) is 8.69. The fraction of sp³-hybridized carbons (Fsp3) is 0.308. The van der Waals surface area contributed by atoms with Gasteiger partial charge in [-0.2, -0.15) is 0 Å². The van der Waals surface area contributed by atoms with E-state index in [0.717, 1.165) is 11.1 Å².